The number of hydrogen-bond donors (Lipinski definition) is 1. The Morgan fingerprint density at radius 3 is 2.43 bits per heavy atom. The molecule has 0 fully saturated rings. The zero-order valence-corrected chi connectivity index (χ0v) is 19.8. The number of rotatable bonds is 7. The molecule has 2 heterocycles. The molecule has 0 radical (unpaired) electrons. The van der Waals surface area contributed by atoms with Crippen molar-refractivity contribution < 1.29 is 19.0 Å². The average molecular weight is 491 g/mol. The van der Waals surface area contributed by atoms with Crippen LogP contribution in [0.1, 0.15) is 28.4 Å². The number of hydrogen-bond acceptors (Lipinski definition) is 5. The number of benzene rings is 3. The van der Waals surface area contributed by atoms with Crippen LogP contribution in [0.15, 0.2) is 71.5 Å². The van der Waals surface area contributed by atoms with Gasteiger partial charge in [0.25, 0.3) is 11.5 Å². The van der Waals surface area contributed by atoms with Crippen LogP contribution in [0, 0.1) is 0 Å². The summed E-state index contributed by atoms with van der Waals surface area (Å²) < 4.78 is 16.4. The number of H-pyrrole nitrogens is 1. The van der Waals surface area contributed by atoms with Crippen LogP contribution in [0.25, 0.3) is 10.9 Å². The molecular weight excluding hydrogens is 468 g/mol. The van der Waals surface area contributed by atoms with Crippen LogP contribution in [0.5, 0.6) is 17.2 Å². The first kappa shape index (κ1) is 22.8. The lowest BCUT2D eigenvalue weighted by atomic mass is 10.1. The van der Waals surface area contributed by atoms with Crippen LogP contribution in [0.4, 0.5) is 0 Å². The first-order valence-corrected chi connectivity index (χ1v) is 11.6. The lowest BCUT2D eigenvalue weighted by Gasteiger charge is -2.23. The molecule has 1 N–H and O–H groups in total. The average Bonchev–Trinajstić information content (AvgIpc) is 3.31. The molecule has 8 heteroatoms. The van der Waals surface area contributed by atoms with E-state index in [0.717, 1.165) is 10.9 Å². The second kappa shape index (κ2) is 9.72. The summed E-state index contributed by atoms with van der Waals surface area (Å²) in [7, 11) is 0. The van der Waals surface area contributed by atoms with Gasteiger partial charge in [0.2, 0.25) is 6.79 Å². The summed E-state index contributed by atoms with van der Waals surface area (Å²) in [4.78, 5) is 31.0. The predicted octanol–water partition coefficient (Wildman–Crippen LogP) is 5.15. The zero-order chi connectivity index (χ0) is 24.4. The maximum absolute atomic E-state index is 13.5. The molecule has 4 aromatic rings. The lowest BCUT2D eigenvalue weighted by molar-refractivity contribution is 0.0729. The molecule has 5 rings (SSSR count). The van der Waals surface area contributed by atoms with E-state index < -0.39 is 0 Å². The number of nitrogens with zero attached hydrogens (tertiary/aromatic N) is 1. The van der Waals surface area contributed by atoms with Crippen molar-refractivity contribution in [3.8, 4) is 17.2 Å². The molecule has 0 bridgehead atoms. The van der Waals surface area contributed by atoms with Crippen molar-refractivity contribution in [1.29, 1.82) is 0 Å². The number of amides is 1. The van der Waals surface area contributed by atoms with Gasteiger partial charge in [0.05, 0.1) is 18.7 Å². The zero-order valence-electron chi connectivity index (χ0n) is 19.0. The van der Waals surface area contributed by atoms with Crippen LogP contribution in [0.2, 0.25) is 5.02 Å². The van der Waals surface area contributed by atoms with Crippen molar-refractivity contribution in [3.05, 3.63) is 98.8 Å². The largest absolute Gasteiger partial charge is 0.494 e. The van der Waals surface area contributed by atoms with Crippen molar-refractivity contribution >= 4 is 28.4 Å². The molecule has 0 atom stereocenters. The molecule has 0 aliphatic carbocycles. The maximum Gasteiger partial charge on any atom is 0.254 e. The molecule has 0 saturated heterocycles. The standard InChI is InChI=1S/C27H23ClN2O5/c1-2-33-22-9-5-18(6-10-22)27(32)30(14-17-3-7-21(28)8-4-17)15-20-11-19-12-24-25(35-16-34-24)13-23(19)29-26(20)31/h3-13H,2,14-16H2,1H3,(H,29,31). The van der Waals surface area contributed by atoms with E-state index in [0.29, 0.717) is 52.1 Å². The quantitative estimate of drug-likeness (QED) is 0.387. The number of carbonyl (C=O) groups is 1. The molecular formula is C27H23ClN2O5. The minimum Gasteiger partial charge on any atom is -0.494 e. The fourth-order valence-electron chi connectivity index (χ4n) is 4.02. The number of ether oxygens (including phenoxy) is 3. The predicted molar refractivity (Wildman–Crippen MR) is 133 cm³/mol. The van der Waals surface area contributed by atoms with Crippen LogP contribution in [0.3, 0.4) is 0 Å². The van der Waals surface area contributed by atoms with Gasteiger partial charge in [-0.15, -0.1) is 0 Å². The summed E-state index contributed by atoms with van der Waals surface area (Å²) in [6, 6.07) is 19.7. The second-order valence-electron chi connectivity index (χ2n) is 8.16. The molecule has 35 heavy (non-hydrogen) atoms. The molecule has 1 aromatic heterocycles. The van der Waals surface area contributed by atoms with Gasteiger partial charge in [-0.25, -0.2) is 0 Å². The first-order valence-electron chi connectivity index (χ1n) is 11.2. The smallest absolute Gasteiger partial charge is 0.254 e. The molecule has 0 spiro atoms. The van der Waals surface area contributed by atoms with E-state index in [4.69, 9.17) is 25.8 Å². The van der Waals surface area contributed by atoms with E-state index in [-0.39, 0.29) is 24.8 Å². The summed E-state index contributed by atoms with van der Waals surface area (Å²) in [5.41, 5.74) is 2.24. The number of pyridine rings is 1. The van der Waals surface area contributed by atoms with Gasteiger partial charge >= 0.3 is 0 Å². The van der Waals surface area contributed by atoms with Crippen molar-refractivity contribution in [1.82, 2.24) is 9.88 Å². The van der Waals surface area contributed by atoms with E-state index in [2.05, 4.69) is 4.98 Å². The Balaban J connectivity index is 1.48. The molecule has 178 valence electrons. The Morgan fingerprint density at radius 1 is 1.00 bits per heavy atom. The third kappa shape index (κ3) is 4.95. The molecule has 1 aliphatic rings. The monoisotopic (exact) mass is 490 g/mol. The molecule has 1 aliphatic heterocycles. The van der Waals surface area contributed by atoms with E-state index in [1.807, 2.05) is 25.1 Å². The highest BCUT2D eigenvalue weighted by molar-refractivity contribution is 6.30. The van der Waals surface area contributed by atoms with E-state index in [1.165, 1.54) is 0 Å². The molecule has 0 unspecified atom stereocenters. The number of fused-ring (bicyclic) bond motifs is 2. The Kier molecular flexibility index (Phi) is 6.33. The number of aromatic nitrogens is 1. The normalized spacial score (nSPS) is 12.1. The SMILES string of the molecule is CCOc1ccc(C(=O)N(Cc2ccc(Cl)cc2)Cc2cc3cc4c(cc3[nH]c2=O)OCO4)cc1. The van der Waals surface area contributed by atoms with Crippen molar-refractivity contribution in [2.75, 3.05) is 13.4 Å². The van der Waals surface area contributed by atoms with Gasteiger partial charge in [0.1, 0.15) is 5.75 Å². The second-order valence-corrected chi connectivity index (χ2v) is 8.60. The first-order chi connectivity index (χ1) is 17.0. The van der Waals surface area contributed by atoms with E-state index in [1.54, 1.807) is 53.4 Å². The topological polar surface area (TPSA) is 80.9 Å². The molecule has 1 amide bonds. The van der Waals surface area contributed by atoms with Crippen molar-refractivity contribution in [2.24, 2.45) is 0 Å². The minimum atomic E-state index is -0.267. The summed E-state index contributed by atoms with van der Waals surface area (Å²) in [5, 5.41) is 1.41. The number of halogens is 1. The summed E-state index contributed by atoms with van der Waals surface area (Å²) in [5.74, 6) is 1.71. The van der Waals surface area contributed by atoms with Gasteiger partial charge < -0.3 is 24.1 Å². The van der Waals surface area contributed by atoms with Gasteiger partial charge in [-0.3, -0.25) is 9.59 Å². The van der Waals surface area contributed by atoms with E-state index in [9.17, 15) is 9.59 Å². The summed E-state index contributed by atoms with van der Waals surface area (Å²) >= 11 is 6.04. The number of carbonyl (C=O) groups excluding carboxylic acids is 1. The minimum absolute atomic E-state index is 0.119. The van der Waals surface area contributed by atoms with Crippen molar-refractivity contribution in [2.45, 2.75) is 20.0 Å². The highest BCUT2D eigenvalue weighted by Crippen LogP contribution is 2.35. The van der Waals surface area contributed by atoms with Gasteiger partial charge in [-0.2, -0.15) is 0 Å². The van der Waals surface area contributed by atoms with Gasteiger partial charge in [-0.05, 0) is 61.0 Å². The number of nitrogens with one attached hydrogen (secondary N) is 1. The summed E-state index contributed by atoms with van der Waals surface area (Å²) in [6.45, 7) is 3.02. The third-order valence-corrected chi connectivity index (χ3v) is 6.01. The van der Waals surface area contributed by atoms with Gasteiger partial charge in [0.15, 0.2) is 11.5 Å². The molecule has 7 nitrogen and oxygen atoms in total. The Hall–Kier alpha value is -3.97. The molecule has 3 aromatic carbocycles. The van der Waals surface area contributed by atoms with Crippen LogP contribution in [-0.2, 0) is 13.1 Å². The fraction of sp³-hybridized carbons (Fsp3) is 0.185. The maximum atomic E-state index is 13.5. The third-order valence-electron chi connectivity index (χ3n) is 5.76. The Morgan fingerprint density at radius 2 is 1.71 bits per heavy atom. The number of aromatic amines is 1. The van der Waals surface area contributed by atoms with Crippen LogP contribution < -0.4 is 19.8 Å². The van der Waals surface area contributed by atoms with Gasteiger partial charge in [0, 0.05) is 34.1 Å². The summed E-state index contributed by atoms with van der Waals surface area (Å²) in [6.07, 6.45) is 0. The Bertz CT molecular complexity index is 1430. The van der Waals surface area contributed by atoms with E-state index >= 15 is 0 Å². The Labute approximate surface area is 206 Å². The lowest BCUT2D eigenvalue weighted by Crippen LogP contribution is -2.32. The van der Waals surface area contributed by atoms with Crippen molar-refractivity contribution in [3.63, 3.8) is 0 Å². The van der Waals surface area contributed by atoms with Crippen LogP contribution >= 0.6 is 11.6 Å². The highest BCUT2D eigenvalue weighted by atomic mass is 35.5. The highest BCUT2D eigenvalue weighted by Gasteiger charge is 2.20. The van der Waals surface area contributed by atoms with Crippen LogP contribution in [-0.4, -0.2) is 29.2 Å². The fourth-order valence-corrected chi connectivity index (χ4v) is 4.14. The van der Waals surface area contributed by atoms with Gasteiger partial charge in [-0.1, -0.05) is 23.7 Å². The molecule has 0 saturated carbocycles.